The van der Waals surface area contributed by atoms with Gasteiger partial charge in [0, 0.05) is 0 Å². The van der Waals surface area contributed by atoms with Crippen LogP contribution in [0.15, 0.2) is 121 Å². The molecule has 3 fully saturated rings. The van der Waals surface area contributed by atoms with Gasteiger partial charge in [-0.1, -0.05) is 178 Å². The highest BCUT2D eigenvalue weighted by Gasteiger charge is 2.30. The minimum absolute atomic E-state index is 0.995. The molecule has 8 aliphatic carbocycles. The Morgan fingerprint density at radius 1 is 0.352 bits per heavy atom. The molecular formula is C54H66. The minimum Gasteiger partial charge on any atom is -0.0880 e. The van der Waals surface area contributed by atoms with E-state index in [-0.39, 0.29) is 0 Å². The molecular weight excluding hydrogens is 649 g/mol. The summed E-state index contributed by atoms with van der Waals surface area (Å²) >= 11 is 0. The fraction of sp³-hybridized carbons (Fsp3) is 0.444. The minimum atomic E-state index is 0.995. The van der Waals surface area contributed by atoms with E-state index in [2.05, 4.69) is 134 Å². The summed E-state index contributed by atoms with van der Waals surface area (Å²) < 4.78 is 0. The average Bonchev–Trinajstić information content (AvgIpc) is 4.09. The third kappa shape index (κ3) is 11.1. The maximum Gasteiger partial charge on any atom is -0.00882 e. The predicted molar refractivity (Wildman–Crippen MR) is 234 cm³/mol. The van der Waals surface area contributed by atoms with Crippen LogP contribution < -0.4 is 0 Å². The Kier molecular flexibility index (Phi) is 14.7. The summed E-state index contributed by atoms with van der Waals surface area (Å²) in [5.41, 5.74) is 12.0. The van der Waals surface area contributed by atoms with Gasteiger partial charge in [0.05, 0.1) is 0 Å². The van der Waals surface area contributed by atoms with Gasteiger partial charge in [-0.15, -0.1) is 0 Å². The molecule has 0 spiro atoms. The van der Waals surface area contributed by atoms with Crippen molar-refractivity contribution in [2.75, 3.05) is 0 Å². The molecule has 0 nitrogen and oxygen atoms in total. The number of hydrogen-bond acceptors (Lipinski definition) is 0. The number of rotatable bonds is 0. The smallest absolute Gasteiger partial charge is 0.00882 e. The molecule has 0 aromatic heterocycles. The van der Waals surface area contributed by atoms with E-state index in [1.807, 2.05) is 0 Å². The first-order chi connectivity index (χ1) is 26.8. The molecule has 0 heterocycles. The standard InChI is InChI=1S/C10H12.C10H10.C9H10.C9H8.C8H14.C8H12/c2*1-2-6-10-8-4-3-7-9(10)5-1;2*1-2-5-9-7-3-6-8(9)4-1;2*1-3-7-5-2-6-8(7)4-1/h1-2,5-6H,3-4,7-8H2;1-3,5-7H,4,8H2;1-2,4-5H,3,6-7H2;1-6H,7H2;7-8H,1-6H2;1,3,7-8H,2,4-6H2. The quantitative estimate of drug-likeness (QED) is 0.159. The van der Waals surface area contributed by atoms with Gasteiger partial charge in [0.2, 0.25) is 0 Å². The van der Waals surface area contributed by atoms with Crippen LogP contribution >= 0.6 is 0 Å². The van der Waals surface area contributed by atoms with Crippen LogP contribution in [0.5, 0.6) is 0 Å². The van der Waals surface area contributed by atoms with E-state index in [0.29, 0.717) is 0 Å². The summed E-state index contributed by atoms with van der Waals surface area (Å²) in [5, 5.41) is 0. The molecule has 0 aliphatic heterocycles. The molecule has 0 N–H and O–H groups in total. The van der Waals surface area contributed by atoms with Gasteiger partial charge < -0.3 is 0 Å². The number of hydrogen-bond donors (Lipinski definition) is 0. The Labute approximate surface area is 328 Å². The Morgan fingerprint density at radius 2 is 0.815 bits per heavy atom. The zero-order valence-electron chi connectivity index (χ0n) is 33.2. The molecule has 0 radical (unpaired) electrons. The maximum atomic E-state index is 2.41. The van der Waals surface area contributed by atoms with Gasteiger partial charge in [-0.05, 0) is 152 Å². The van der Waals surface area contributed by atoms with E-state index < -0.39 is 0 Å². The normalized spacial score (nSPS) is 23.7. The third-order valence-electron chi connectivity index (χ3n) is 13.4. The molecule has 8 aliphatic rings. The summed E-state index contributed by atoms with van der Waals surface area (Å²) in [7, 11) is 0. The monoisotopic (exact) mass is 715 g/mol. The van der Waals surface area contributed by atoms with Crippen LogP contribution in [0, 0.1) is 23.7 Å². The van der Waals surface area contributed by atoms with Crippen molar-refractivity contribution in [3.63, 3.8) is 0 Å². The number of fused-ring (bicyclic) bond motifs is 6. The zero-order chi connectivity index (χ0) is 36.6. The zero-order valence-corrected chi connectivity index (χ0v) is 33.2. The van der Waals surface area contributed by atoms with Crippen LogP contribution in [0.1, 0.15) is 134 Å². The number of aryl methyl sites for hydroxylation is 5. The molecule has 3 saturated carbocycles. The fourth-order valence-electron chi connectivity index (χ4n) is 10.3. The molecule has 4 aromatic carbocycles. The van der Waals surface area contributed by atoms with E-state index in [4.69, 9.17) is 0 Å². The molecule has 282 valence electrons. The molecule has 0 bridgehead atoms. The van der Waals surface area contributed by atoms with Crippen molar-refractivity contribution >= 4 is 12.2 Å². The second kappa shape index (κ2) is 20.7. The second-order valence-electron chi connectivity index (χ2n) is 16.9. The van der Waals surface area contributed by atoms with Gasteiger partial charge >= 0.3 is 0 Å². The molecule has 4 aromatic rings. The molecule has 2 unspecified atom stereocenters. The summed E-state index contributed by atoms with van der Waals surface area (Å²) in [6.07, 6.45) is 41.6. The van der Waals surface area contributed by atoms with Gasteiger partial charge in [-0.3, -0.25) is 0 Å². The van der Waals surface area contributed by atoms with Crippen molar-refractivity contribution < 1.29 is 0 Å². The van der Waals surface area contributed by atoms with E-state index >= 15 is 0 Å². The number of benzene rings is 4. The van der Waals surface area contributed by atoms with Crippen LogP contribution in [-0.4, -0.2) is 0 Å². The van der Waals surface area contributed by atoms with Crippen molar-refractivity contribution in [2.45, 2.75) is 128 Å². The Balaban J connectivity index is 0.000000100. The Hall–Kier alpha value is -3.90. The maximum absolute atomic E-state index is 2.41. The molecule has 54 heavy (non-hydrogen) atoms. The molecule has 0 amide bonds. The van der Waals surface area contributed by atoms with Gasteiger partial charge in [-0.2, -0.15) is 0 Å². The number of allylic oxidation sites excluding steroid dienone is 4. The molecule has 0 saturated heterocycles. The summed E-state index contributed by atoms with van der Waals surface area (Å²) in [5.74, 6) is 4.41. The van der Waals surface area contributed by atoms with Crippen LogP contribution in [0.2, 0.25) is 0 Å². The lowest BCUT2D eigenvalue weighted by atomic mass is 9.92. The van der Waals surface area contributed by atoms with Crippen LogP contribution in [-0.2, 0) is 38.5 Å². The lowest BCUT2D eigenvalue weighted by molar-refractivity contribution is 0.457. The van der Waals surface area contributed by atoms with Crippen molar-refractivity contribution in [2.24, 2.45) is 23.7 Å². The first-order valence-corrected chi connectivity index (χ1v) is 22.1. The van der Waals surface area contributed by atoms with Crippen LogP contribution in [0.25, 0.3) is 12.2 Å². The highest BCUT2D eigenvalue weighted by atomic mass is 14.4. The SMILES string of the molecule is C1=CC2CCCC2C1.C1=Cc2ccccc2C1.C1=Cc2ccccc2CC1.C1CC2CCCC2C1.c1ccc2c(c1)CCC2.c1ccc2c(c1)CCCC2. The second-order valence-corrected chi connectivity index (χ2v) is 16.9. The lowest BCUT2D eigenvalue weighted by Gasteiger charge is -2.13. The van der Waals surface area contributed by atoms with Gasteiger partial charge in [0.15, 0.2) is 0 Å². The average molecular weight is 715 g/mol. The molecule has 12 rings (SSSR count). The summed E-state index contributed by atoms with van der Waals surface area (Å²) in [6.45, 7) is 0. The summed E-state index contributed by atoms with van der Waals surface area (Å²) in [4.78, 5) is 0. The van der Waals surface area contributed by atoms with E-state index in [0.717, 1.165) is 18.3 Å². The predicted octanol–water partition coefficient (Wildman–Crippen LogP) is 14.6. The van der Waals surface area contributed by atoms with Gasteiger partial charge in [0.1, 0.15) is 0 Å². The topological polar surface area (TPSA) is 0 Å². The highest BCUT2D eigenvalue weighted by Crippen LogP contribution is 2.43. The van der Waals surface area contributed by atoms with Crippen LogP contribution in [0.3, 0.4) is 0 Å². The van der Waals surface area contributed by atoms with E-state index in [9.17, 15) is 0 Å². The Morgan fingerprint density at radius 3 is 1.37 bits per heavy atom. The Bertz CT molecular complexity index is 1740. The van der Waals surface area contributed by atoms with E-state index in [1.165, 1.54) is 130 Å². The van der Waals surface area contributed by atoms with Gasteiger partial charge in [0.25, 0.3) is 0 Å². The van der Waals surface area contributed by atoms with Crippen molar-refractivity contribution in [1.29, 1.82) is 0 Å². The van der Waals surface area contributed by atoms with Crippen molar-refractivity contribution in [3.05, 3.63) is 166 Å². The third-order valence-corrected chi connectivity index (χ3v) is 13.4. The lowest BCUT2D eigenvalue weighted by Crippen LogP contribution is -2.00. The fourth-order valence-corrected chi connectivity index (χ4v) is 10.3. The van der Waals surface area contributed by atoms with Gasteiger partial charge in [-0.25, -0.2) is 0 Å². The van der Waals surface area contributed by atoms with E-state index in [1.54, 1.807) is 47.9 Å². The molecule has 2 atom stereocenters. The van der Waals surface area contributed by atoms with Crippen molar-refractivity contribution in [1.82, 2.24) is 0 Å². The first-order valence-electron chi connectivity index (χ1n) is 22.1. The van der Waals surface area contributed by atoms with Crippen molar-refractivity contribution in [3.8, 4) is 0 Å². The first kappa shape index (κ1) is 38.4. The summed E-state index contributed by atoms with van der Waals surface area (Å²) in [6, 6.07) is 34.6. The molecule has 0 heteroatoms. The highest BCUT2D eigenvalue weighted by molar-refractivity contribution is 5.59. The van der Waals surface area contributed by atoms with Crippen LogP contribution in [0.4, 0.5) is 0 Å². The largest absolute Gasteiger partial charge is 0.0880 e.